The van der Waals surface area contributed by atoms with Gasteiger partial charge >= 0.3 is 0 Å². The molecule has 1 aliphatic carbocycles. The van der Waals surface area contributed by atoms with Crippen molar-refractivity contribution in [1.82, 2.24) is 4.98 Å². The largest absolute Gasteiger partial charge is 0.591 e. The number of aromatic nitrogens is 1. The van der Waals surface area contributed by atoms with Crippen LogP contribution in [0, 0.1) is 17.2 Å². The summed E-state index contributed by atoms with van der Waals surface area (Å²) in [6.45, 7) is 5.72. The van der Waals surface area contributed by atoms with Crippen LogP contribution in [-0.4, -0.2) is 20.0 Å². The Morgan fingerprint density at radius 2 is 2.19 bits per heavy atom. The lowest BCUT2D eigenvalue weighted by atomic mass is 10.1. The molecule has 1 saturated carbocycles. The van der Waals surface area contributed by atoms with Crippen LogP contribution < -0.4 is 0 Å². The normalized spacial score (nSPS) is 17.4. The summed E-state index contributed by atoms with van der Waals surface area (Å²) in [7, 11) is 0. The van der Waals surface area contributed by atoms with Crippen molar-refractivity contribution < 1.29 is 4.55 Å². The fraction of sp³-hybridized carbons (Fsp3) is 0.562. The van der Waals surface area contributed by atoms with E-state index in [9.17, 15) is 4.55 Å². The molecule has 1 unspecified atom stereocenters. The molecule has 112 valence electrons. The first-order chi connectivity index (χ1) is 9.90. The second kappa shape index (κ2) is 6.59. The highest BCUT2D eigenvalue weighted by Crippen LogP contribution is 2.34. The molecule has 1 aromatic rings. The van der Waals surface area contributed by atoms with Crippen LogP contribution in [0.2, 0.25) is 0 Å². The Bertz CT molecular complexity index is 568. The molecule has 0 amide bonds. The van der Waals surface area contributed by atoms with Gasteiger partial charge in [-0.2, -0.15) is 5.26 Å². The smallest absolute Gasteiger partial charge is 0.144 e. The molecule has 5 heteroatoms. The molecule has 0 aromatic carbocycles. The molecule has 2 rings (SSSR count). The van der Waals surface area contributed by atoms with Crippen LogP contribution in [0.4, 0.5) is 0 Å². The van der Waals surface area contributed by atoms with Crippen LogP contribution in [0.15, 0.2) is 22.6 Å². The summed E-state index contributed by atoms with van der Waals surface area (Å²) in [5.41, 5.74) is 1.80. The minimum Gasteiger partial charge on any atom is -0.591 e. The van der Waals surface area contributed by atoms with Gasteiger partial charge < -0.3 is 4.55 Å². The van der Waals surface area contributed by atoms with Gasteiger partial charge in [0.2, 0.25) is 0 Å². The van der Waals surface area contributed by atoms with E-state index in [-0.39, 0.29) is 0 Å². The van der Waals surface area contributed by atoms with Gasteiger partial charge in [-0.3, -0.25) is 0 Å². The second-order valence-electron chi connectivity index (χ2n) is 6.40. The SMILES string of the molecule is CC(C)(C)[S+]([O-])/N=C(\CCC1CC1)c1cccc(C#N)n1. The summed E-state index contributed by atoms with van der Waals surface area (Å²) in [5.74, 6) is 0.775. The Labute approximate surface area is 129 Å². The van der Waals surface area contributed by atoms with Gasteiger partial charge in [0.1, 0.15) is 33.6 Å². The highest BCUT2D eigenvalue weighted by molar-refractivity contribution is 7.91. The molecule has 4 nitrogen and oxygen atoms in total. The zero-order chi connectivity index (χ0) is 15.5. The first-order valence-corrected chi connectivity index (χ1v) is 8.38. The van der Waals surface area contributed by atoms with Gasteiger partial charge in [-0.25, -0.2) is 4.98 Å². The molecule has 1 atom stereocenters. The van der Waals surface area contributed by atoms with Gasteiger partial charge in [0.15, 0.2) is 0 Å². The van der Waals surface area contributed by atoms with Crippen LogP contribution in [0.1, 0.15) is 57.8 Å². The molecule has 1 heterocycles. The molecular formula is C16H21N3OS. The molecule has 0 saturated heterocycles. The maximum absolute atomic E-state index is 12.3. The van der Waals surface area contributed by atoms with Gasteiger partial charge in [-0.15, -0.1) is 0 Å². The molecule has 21 heavy (non-hydrogen) atoms. The molecule has 0 spiro atoms. The standard InChI is InChI=1S/C16H21N3OS/c1-16(2,3)21(20)19-15(10-9-12-7-8-12)14-6-4-5-13(11-17)18-14/h4-6,12H,7-10H2,1-3H3/b19-15+. The van der Waals surface area contributed by atoms with E-state index < -0.39 is 16.1 Å². The number of pyridine rings is 1. The van der Waals surface area contributed by atoms with Crippen molar-refractivity contribution in [3.05, 3.63) is 29.6 Å². The minimum atomic E-state index is -1.31. The maximum Gasteiger partial charge on any atom is 0.144 e. The summed E-state index contributed by atoms with van der Waals surface area (Å²) >= 11 is -1.31. The lowest BCUT2D eigenvalue weighted by Crippen LogP contribution is -2.27. The summed E-state index contributed by atoms with van der Waals surface area (Å²) in [5, 5.41) is 8.97. The number of hydrogen-bond acceptors (Lipinski definition) is 4. The Kier molecular flexibility index (Phi) is 5.02. The number of nitrogens with zero attached hydrogens (tertiary/aromatic N) is 3. The fourth-order valence-electron chi connectivity index (χ4n) is 1.86. The minimum absolute atomic E-state index is 0.369. The van der Waals surface area contributed by atoms with Crippen LogP contribution >= 0.6 is 0 Å². The first kappa shape index (κ1) is 16.0. The average Bonchev–Trinajstić information content (AvgIpc) is 3.26. The van der Waals surface area contributed by atoms with E-state index in [0.29, 0.717) is 11.4 Å². The molecular weight excluding hydrogens is 282 g/mol. The molecule has 0 bridgehead atoms. The van der Waals surface area contributed by atoms with E-state index in [2.05, 4.69) is 9.38 Å². The van der Waals surface area contributed by atoms with E-state index in [1.165, 1.54) is 12.8 Å². The number of hydrogen-bond donors (Lipinski definition) is 0. The number of nitriles is 1. The monoisotopic (exact) mass is 303 g/mol. The molecule has 0 N–H and O–H groups in total. The van der Waals surface area contributed by atoms with Crippen molar-refractivity contribution in [2.45, 2.75) is 51.2 Å². The zero-order valence-electron chi connectivity index (χ0n) is 12.8. The lowest BCUT2D eigenvalue weighted by molar-refractivity contribution is 0.561. The molecule has 1 aromatic heterocycles. The zero-order valence-corrected chi connectivity index (χ0v) is 13.6. The van der Waals surface area contributed by atoms with Gasteiger partial charge in [0.05, 0.1) is 5.69 Å². The van der Waals surface area contributed by atoms with Crippen LogP contribution in [0.25, 0.3) is 0 Å². The predicted molar refractivity (Wildman–Crippen MR) is 85.3 cm³/mol. The molecule has 0 aliphatic heterocycles. The Morgan fingerprint density at radius 1 is 1.48 bits per heavy atom. The highest BCUT2D eigenvalue weighted by atomic mass is 32.2. The maximum atomic E-state index is 12.3. The highest BCUT2D eigenvalue weighted by Gasteiger charge is 2.28. The van der Waals surface area contributed by atoms with Crippen molar-refractivity contribution in [1.29, 1.82) is 5.26 Å². The van der Waals surface area contributed by atoms with E-state index in [0.717, 1.165) is 24.5 Å². The lowest BCUT2D eigenvalue weighted by Gasteiger charge is -2.19. The third kappa shape index (κ3) is 4.83. The van der Waals surface area contributed by atoms with E-state index in [1.54, 1.807) is 12.1 Å². The van der Waals surface area contributed by atoms with Crippen LogP contribution in [-0.2, 0) is 11.4 Å². The summed E-state index contributed by atoms with van der Waals surface area (Å²) in [6.07, 6.45) is 4.38. The van der Waals surface area contributed by atoms with Crippen LogP contribution in [0.5, 0.6) is 0 Å². The average molecular weight is 303 g/mol. The summed E-state index contributed by atoms with van der Waals surface area (Å²) in [6, 6.07) is 7.35. The third-order valence-electron chi connectivity index (χ3n) is 3.36. The molecule has 0 radical (unpaired) electrons. The van der Waals surface area contributed by atoms with Crippen molar-refractivity contribution in [2.75, 3.05) is 0 Å². The Morgan fingerprint density at radius 3 is 2.76 bits per heavy atom. The Hall–Kier alpha value is -1.38. The molecule has 1 aliphatic rings. The van der Waals surface area contributed by atoms with Gasteiger partial charge in [-0.1, -0.05) is 23.3 Å². The Balaban J connectivity index is 2.25. The van der Waals surface area contributed by atoms with Crippen molar-refractivity contribution in [3.63, 3.8) is 0 Å². The van der Waals surface area contributed by atoms with Gasteiger partial charge in [0, 0.05) is 0 Å². The molecule has 1 fully saturated rings. The summed E-state index contributed by atoms with van der Waals surface area (Å²) < 4.78 is 16.3. The number of rotatable bonds is 5. The van der Waals surface area contributed by atoms with Gasteiger partial charge in [0.25, 0.3) is 0 Å². The van der Waals surface area contributed by atoms with E-state index in [4.69, 9.17) is 5.26 Å². The van der Waals surface area contributed by atoms with Crippen molar-refractivity contribution in [2.24, 2.45) is 10.3 Å². The fourth-order valence-corrected chi connectivity index (χ4v) is 2.52. The topological polar surface area (TPSA) is 72.1 Å². The predicted octanol–water partition coefficient (Wildman–Crippen LogP) is 3.39. The van der Waals surface area contributed by atoms with Crippen molar-refractivity contribution >= 4 is 17.1 Å². The van der Waals surface area contributed by atoms with E-state index >= 15 is 0 Å². The quantitative estimate of drug-likeness (QED) is 0.618. The van der Waals surface area contributed by atoms with E-state index in [1.807, 2.05) is 32.9 Å². The van der Waals surface area contributed by atoms with Crippen LogP contribution in [0.3, 0.4) is 0 Å². The summed E-state index contributed by atoms with van der Waals surface area (Å²) in [4.78, 5) is 4.30. The third-order valence-corrected chi connectivity index (χ3v) is 4.80. The van der Waals surface area contributed by atoms with Gasteiger partial charge in [-0.05, 0) is 51.7 Å². The first-order valence-electron chi connectivity index (χ1n) is 7.27. The second-order valence-corrected chi connectivity index (χ2v) is 8.31. The van der Waals surface area contributed by atoms with Crippen molar-refractivity contribution in [3.8, 4) is 6.07 Å².